The van der Waals surface area contributed by atoms with Gasteiger partial charge in [-0.05, 0) is 49.4 Å². The lowest BCUT2D eigenvalue weighted by Gasteiger charge is -2.43. The van der Waals surface area contributed by atoms with Crippen molar-refractivity contribution in [3.8, 4) is 5.75 Å². The number of carbonyl (C=O) groups is 1. The summed E-state index contributed by atoms with van der Waals surface area (Å²) >= 11 is 0. The van der Waals surface area contributed by atoms with Gasteiger partial charge in [-0.25, -0.2) is 0 Å². The predicted molar refractivity (Wildman–Crippen MR) is 87.9 cm³/mol. The molecule has 1 aromatic rings. The molecule has 0 radical (unpaired) electrons. The van der Waals surface area contributed by atoms with Gasteiger partial charge in [0, 0.05) is 37.6 Å². The van der Waals surface area contributed by atoms with E-state index in [2.05, 4.69) is 4.90 Å². The van der Waals surface area contributed by atoms with Gasteiger partial charge in [0.1, 0.15) is 5.75 Å². The molecule has 4 nitrogen and oxygen atoms in total. The number of likely N-dealkylation sites (tertiary alicyclic amines) is 1. The Morgan fingerprint density at radius 2 is 2.22 bits per heavy atom. The minimum Gasteiger partial charge on any atom is -0.493 e. The van der Waals surface area contributed by atoms with Gasteiger partial charge in [-0.2, -0.15) is 0 Å². The molecule has 2 fully saturated rings. The van der Waals surface area contributed by atoms with Gasteiger partial charge in [-0.3, -0.25) is 4.79 Å². The molecular formula is C19H25NO3. The number of benzene rings is 1. The van der Waals surface area contributed by atoms with Crippen LogP contribution in [0.4, 0.5) is 0 Å². The van der Waals surface area contributed by atoms with E-state index in [1.807, 2.05) is 25.3 Å². The van der Waals surface area contributed by atoms with Crippen LogP contribution in [0.3, 0.4) is 0 Å². The van der Waals surface area contributed by atoms with Crippen LogP contribution in [0, 0.1) is 5.41 Å². The molecule has 2 atom stereocenters. The Hall–Kier alpha value is -1.55. The normalized spacial score (nSPS) is 29.6. The van der Waals surface area contributed by atoms with Crippen LogP contribution in [-0.4, -0.2) is 43.7 Å². The van der Waals surface area contributed by atoms with Crippen LogP contribution in [0.25, 0.3) is 0 Å². The zero-order valence-electron chi connectivity index (χ0n) is 13.8. The SMILES string of the molecule is CO[C@@H]1CCC[C@]12CCCN(C(=O)c1ccc3c(c1)CCO3)C2. The van der Waals surface area contributed by atoms with Gasteiger partial charge in [-0.1, -0.05) is 6.42 Å². The number of nitrogens with zero attached hydrogens (tertiary/aromatic N) is 1. The first kappa shape index (κ1) is 15.0. The molecule has 3 aliphatic rings. The molecule has 4 heteroatoms. The van der Waals surface area contributed by atoms with Crippen molar-refractivity contribution in [2.45, 2.75) is 44.6 Å². The van der Waals surface area contributed by atoms with Crippen molar-refractivity contribution in [3.05, 3.63) is 29.3 Å². The summed E-state index contributed by atoms with van der Waals surface area (Å²) in [5.74, 6) is 1.10. The second-order valence-corrected chi connectivity index (χ2v) is 7.23. The number of amides is 1. The van der Waals surface area contributed by atoms with Crippen molar-refractivity contribution in [1.82, 2.24) is 4.90 Å². The van der Waals surface area contributed by atoms with Crippen LogP contribution in [0.1, 0.15) is 48.0 Å². The number of ether oxygens (including phenoxy) is 2. The van der Waals surface area contributed by atoms with Gasteiger partial charge < -0.3 is 14.4 Å². The number of rotatable bonds is 2. The second-order valence-electron chi connectivity index (χ2n) is 7.23. The molecule has 0 unspecified atom stereocenters. The third kappa shape index (κ3) is 2.53. The molecule has 1 aromatic carbocycles. The van der Waals surface area contributed by atoms with Crippen LogP contribution >= 0.6 is 0 Å². The van der Waals surface area contributed by atoms with Gasteiger partial charge in [0.05, 0.1) is 12.7 Å². The molecule has 124 valence electrons. The van der Waals surface area contributed by atoms with Crippen molar-refractivity contribution in [3.63, 3.8) is 0 Å². The maximum absolute atomic E-state index is 13.0. The van der Waals surface area contributed by atoms with Gasteiger partial charge in [0.25, 0.3) is 5.91 Å². The molecule has 1 saturated heterocycles. The van der Waals surface area contributed by atoms with Gasteiger partial charge in [0.2, 0.25) is 0 Å². The average molecular weight is 315 g/mol. The van der Waals surface area contributed by atoms with Crippen LogP contribution in [0.2, 0.25) is 0 Å². The number of hydrogen-bond acceptors (Lipinski definition) is 3. The molecule has 1 spiro atoms. The molecule has 1 aliphatic carbocycles. The van der Waals surface area contributed by atoms with Crippen LogP contribution in [0.15, 0.2) is 18.2 Å². The summed E-state index contributed by atoms with van der Waals surface area (Å²) in [6.07, 6.45) is 7.03. The van der Waals surface area contributed by atoms with E-state index in [0.29, 0.717) is 6.10 Å². The fraction of sp³-hybridized carbons (Fsp3) is 0.632. The average Bonchev–Trinajstić information content (AvgIpc) is 3.20. The lowest BCUT2D eigenvalue weighted by Crippen LogP contribution is -2.49. The lowest BCUT2D eigenvalue weighted by molar-refractivity contribution is -0.0295. The number of carbonyl (C=O) groups excluding carboxylic acids is 1. The maximum atomic E-state index is 13.0. The summed E-state index contributed by atoms with van der Waals surface area (Å²) in [7, 11) is 1.82. The van der Waals surface area contributed by atoms with Gasteiger partial charge >= 0.3 is 0 Å². The van der Waals surface area contributed by atoms with Crippen molar-refractivity contribution >= 4 is 5.91 Å². The zero-order chi connectivity index (χ0) is 15.9. The lowest BCUT2D eigenvalue weighted by atomic mass is 9.76. The quantitative estimate of drug-likeness (QED) is 0.842. The van der Waals surface area contributed by atoms with E-state index in [9.17, 15) is 4.79 Å². The zero-order valence-corrected chi connectivity index (χ0v) is 13.8. The molecule has 2 heterocycles. The topological polar surface area (TPSA) is 38.8 Å². The van der Waals surface area contributed by atoms with Crippen molar-refractivity contribution in [1.29, 1.82) is 0 Å². The summed E-state index contributed by atoms with van der Waals surface area (Å²) in [6.45, 7) is 2.44. The highest BCUT2D eigenvalue weighted by Gasteiger charge is 2.46. The Kier molecular flexibility index (Phi) is 3.80. The first-order valence-electron chi connectivity index (χ1n) is 8.80. The Labute approximate surface area is 137 Å². The van der Waals surface area contributed by atoms with Crippen molar-refractivity contribution in [2.24, 2.45) is 5.41 Å². The smallest absolute Gasteiger partial charge is 0.253 e. The summed E-state index contributed by atoms with van der Waals surface area (Å²) in [5, 5.41) is 0. The molecule has 1 amide bonds. The third-order valence-electron chi connectivity index (χ3n) is 5.94. The molecule has 2 aliphatic heterocycles. The van der Waals surface area contributed by atoms with E-state index < -0.39 is 0 Å². The molecule has 1 saturated carbocycles. The fourth-order valence-electron chi connectivity index (χ4n) is 4.78. The summed E-state index contributed by atoms with van der Waals surface area (Å²) < 4.78 is 11.3. The monoisotopic (exact) mass is 315 g/mol. The molecule has 0 N–H and O–H groups in total. The minimum absolute atomic E-state index is 0.167. The Bertz CT molecular complexity index is 615. The molecule has 23 heavy (non-hydrogen) atoms. The standard InChI is InChI=1S/C19H25NO3/c1-22-17-4-2-8-19(17)9-3-10-20(13-19)18(21)15-5-6-16-14(12-15)7-11-23-16/h5-6,12,17H,2-4,7-11,13H2,1H3/t17-,19-/m1/s1. The van der Waals surface area contributed by atoms with E-state index in [1.54, 1.807) is 0 Å². The minimum atomic E-state index is 0.167. The van der Waals surface area contributed by atoms with E-state index in [1.165, 1.54) is 24.8 Å². The summed E-state index contributed by atoms with van der Waals surface area (Å²) in [5.41, 5.74) is 2.15. The maximum Gasteiger partial charge on any atom is 0.253 e. The van der Waals surface area contributed by atoms with Gasteiger partial charge in [-0.15, -0.1) is 0 Å². The van der Waals surface area contributed by atoms with Crippen molar-refractivity contribution < 1.29 is 14.3 Å². The van der Waals surface area contributed by atoms with E-state index in [-0.39, 0.29) is 11.3 Å². The number of piperidine rings is 1. The Balaban J connectivity index is 1.54. The molecule has 0 aromatic heterocycles. The summed E-state index contributed by atoms with van der Waals surface area (Å²) in [6, 6.07) is 5.88. The number of fused-ring (bicyclic) bond motifs is 1. The number of methoxy groups -OCH3 is 1. The predicted octanol–water partition coefficient (Wildman–Crippen LogP) is 3.04. The number of hydrogen-bond donors (Lipinski definition) is 0. The highest BCUT2D eigenvalue weighted by molar-refractivity contribution is 5.94. The third-order valence-corrected chi connectivity index (χ3v) is 5.94. The second kappa shape index (κ2) is 5.82. The molecule has 4 rings (SSSR count). The van der Waals surface area contributed by atoms with Crippen molar-refractivity contribution in [2.75, 3.05) is 26.8 Å². The van der Waals surface area contributed by atoms with Gasteiger partial charge in [0.15, 0.2) is 0 Å². The largest absolute Gasteiger partial charge is 0.493 e. The fourth-order valence-corrected chi connectivity index (χ4v) is 4.78. The van der Waals surface area contributed by atoms with E-state index in [4.69, 9.17) is 9.47 Å². The summed E-state index contributed by atoms with van der Waals surface area (Å²) in [4.78, 5) is 15.0. The Morgan fingerprint density at radius 1 is 1.35 bits per heavy atom. The van der Waals surface area contributed by atoms with E-state index >= 15 is 0 Å². The first-order chi connectivity index (χ1) is 11.2. The highest BCUT2D eigenvalue weighted by Crippen LogP contribution is 2.46. The Morgan fingerprint density at radius 3 is 3.09 bits per heavy atom. The first-order valence-corrected chi connectivity index (χ1v) is 8.80. The van der Waals surface area contributed by atoms with Crippen LogP contribution in [-0.2, 0) is 11.2 Å². The highest BCUT2D eigenvalue weighted by atomic mass is 16.5. The molecule has 0 bridgehead atoms. The van der Waals surface area contributed by atoms with Crippen LogP contribution < -0.4 is 4.74 Å². The molecular weight excluding hydrogens is 290 g/mol. The van der Waals surface area contributed by atoms with Crippen LogP contribution in [0.5, 0.6) is 5.75 Å². The van der Waals surface area contributed by atoms with E-state index in [0.717, 1.165) is 50.3 Å².